The van der Waals surface area contributed by atoms with E-state index in [1.54, 1.807) is 56.7 Å². The molecular formula is C29H27N7O3. The molecule has 0 aliphatic carbocycles. The van der Waals surface area contributed by atoms with Gasteiger partial charge in [0.25, 0.3) is 11.8 Å². The van der Waals surface area contributed by atoms with Crippen molar-refractivity contribution in [3.8, 4) is 28.6 Å². The summed E-state index contributed by atoms with van der Waals surface area (Å²) in [4.78, 5) is 42.4. The highest BCUT2D eigenvalue weighted by Crippen LogP contribution is 2.28. The van der Waals surface area contributed by atoms with E-state index >= 15 is 0 Å². The van der Waals surface area contributed by atoms with Crippen LogP contribution in [0.25, 0.3) is 22.5 Å². The van der Waals surface area contributed by atoms with Gasteiger partial charge in [0.05, 0.1) is 41.0 Å². The summed E-state index contributed by atoms with van der Waals surface area (Å²) in [6.45, 7) is 5.38. The van der Waals surface area contributed by atoms with Crippen LogP contribution in [0.15, 0.2) is 67.3 Å². The molecule has 4 rings (SSSR count). The van der Waals surface area contributed by atoms with E-state index in [1.165, 1.54) is 13.3 Å². The van der Waals surface area contributed by atoms with E-state index in [1.807, 2.05) is 25.1 Å². The van der Waals surface area contributed by atoms with Crippen molar-refractivity contribution >= 4 is 23.3 Å². The molecule has 0 bridgehead atoms. The number of nitriles is 1. The molecule has 0 aliphatic rings. The lowest BCUT2D eigenvalue weighted by molar-refractivity contribution is -0.119. The van der Waals surface area contributed by atoms with Gasteiger partial charge in [0.1, 0.15) is 12.4 Å². The number of aromatic nitrogens is 4. The summed E-state index contributed by atoms with van der Waals surface area (Å²) in [7, 11) is 1.44. The Morgan fingerprint density at radius 2 is 1.77 bits per heavy atom. The first-order valence-corrected chi connectivity index (χ1v) is 12.1. The normalized spacial score (nSPS) is 10.9. The third-order valence-corrected chi connectivity index (χ3v) is 5.95. The molecule has 0 radical (unpaired) electrons. The molecule has 10 nitrogen and oxygen atoms in total. The first-order valence-electron chi connectivity index (χ1n) is 12.1. The Hall–Kier alpha value is -5.01. The summed E-state index contributed by atoms with van der Waals surface area (Å²) in [6, 6.07) is 14.5. The van der Waals surface area contributed by atoms with Crippen LogP contribution < -0.4 is 10.6 Å². The van der Waals surface area contributed by atoms with Crippen molar-refractivity contribution in [2.75, 3.05) is 24.4 Å². The molecular weight excluding hydrogens is 494 g/mol. The van der Waals surface area contributed by atoms with Crippen molar-refractivity contribution in [2.45, 2.75) is 26.2 Å². The molecule has 4 aromatic rings. The van der Waals surface area contributed by atoms with Crippen LogP contribution in [-0.4, -0.2) is 45.5 Å². The van der Waals surface area contributed by atoms with Gasteiger partial charge in [-0.2, -0.15) is 5.26 Å². The minimum absolute atomic E-state index is 0.0759. The van der Waals surface area contributed by atoms with Crippen molar-refractivity contribution in [3.05, 3.63) is 84.1 Å². The molecule has 196 valence electrons. The minimum Gasteiger partial charge on any atom is -0.375 e. The second kappa shape index (κ2) is 11.6. The first kappa shape index (κ1) is 27.0. The van der Waals surface area contributed by atoms with Gasteiger partial charge < -0.3 is 15.4 Å². The zero-order valence-corrected chi connectivity index (χ0v) is 22.0. The van der Waals surface area contributed by atoms with E-state index in [0.717, 1.165) is 16.7 Å². The van der Waals surface area contributed by atoms with Gasteiger partial charge in [0, 0.05) is 41.9 Å². The molecule has 1 aromatic carbocycles. The van der Waals surface area contributed by atoms with Gasteiger partial charge >= 0.3 is 0 Å². The molecule has 0 unspecified atom stereocenters. The summed E-state index contributed by atoms with van der Waals surface area (Å²) in [6.07, 6.45) is 6.39. The molecule has 0 aliphatic heterocycles. The number of benzene rings is 1. The van der Waals surface area contributed by atoms with Crippen molar-refractivity contribution in [3.63, 3.8) is 0 Å². The van der Waals surface area contributed by atoms with Crippen LogP contribution in [0.4, 0.5) is 11.5 Å². The van der Waals surface area contributed by atoms with Gasteiger partial charge in [-0.25, -0.2) is 9.97 Å². The van der Waals surface area contributed by atoms with E-state index in [-0.39, 0.29) is 18.4 Å². The molecule has 3 heterocycles. The third kappa shape index (κ3) is 6.47. The Kier molecular flexibility index (Phi) is 8.03. The first-order chi connectivity index (χ1) is 18.7. The Morgan fingerprint density at radius 1 is 1.00 bits per heavy atom. The predicted molar refractivity (Wildman–Crippen MR) is 147 cm³/mol. The summed E-state index contributed by atoms with van der Waals surface area (Å²) < 4.78 is 4.85. The molecule has 2 amide bonds. The molecule has 0 fully saturated rings. The van der Waals surface area contributed by atoms with E-state index in [2.05, 4.69) is 31.7 Å². The fourth-order valence-corrected chi connectivity index (χ4v) is 3.75. The molecule has 0 atom stereocenters. The van der Waals surface area contributed by atoms with Gasteiger partial charge in [-0.3, -0.25) is 19.6 Å². The second-order valence-corrected chi connectivity index (χ2v) is 9.35. The number of anilines is 2. The zero-order valence-electron chi connectivity index (χ0n) is 22.0. The molecule has 3 aromatic heterocycles. The number of nitrogens with zero attached hydrogens (tertiary/aromatic N) is 5. The third-order valence-electron chi connectivity index (χ3n) is 5.95. The second-order valence-electron chi connectivity index (χ2n) is 9.35. The highest BCUT2D eigenvalue weighted by atomic mass is 16.5. The van der Waals surface area contributed by atoms with Crippen LogP contribution in [-0.2, 0) is 14.9 Å². The number of hydrogen-bond acceptors (Lipinski definition) is 8. The van der Waals surface area contributed by atoms with Crippen LogP contribution in [0.2, 0.25) is 0 Å². The summed E-state index contributed by atoms with van der Waals surface area (Å²) in [5.74, 6) is -0.254. The number of ether oxygens (including phenoxy) is 1. The fraction of sp³-hybridized carbons (Fsp3) is 0.207. The number of pyridine rings is 2. The molecule has 0 spiro atoms. The Bertz CT molecular complexity index is 1580. The monoisotopic (exact) mass is 521 g/mol. The van der Waals surface area contributed by atoms with Crippen molar-refractivity contribution < 1.29 is 14.3 Å². The maximum Gasteiger partial charge on any atom is 0.255 e. The molecule has 39 heavy (non-hydrogen) atoms. The number of rotatable bonds is 8. The molecule has 0 saturated carbocycles. The SMILES string of the molecule is COCC(=O)Nc1cc(-c2cncc(-c3cc(NC(=O)c4ccnc(C(C)(C)C#N)c4)ccc3C)n2)ccn1. The average Bonchev–Trinajstić information content (AvgIpc) is 2.94. The van der Waals surface area contributed by atoms with Crippen LogP contribution in [0.5, 0.6) is 0 Å². The van der Waals surface area contributed by atoms with Gasteiger partial charge in [-0.15, -0.1) is 0 Å². The topological polar surface area (TPSA) is 143 Å². The molecule has 10 heteroatoms. The van der Waals surface area contributed by atoms with Gasteiger partial charge in [-0.05, 0) is 62.7 Å². The van der Waals surface area contributed by atoms with Gasteiger partial charge in [0.2, 0.25) is 0 Å². The Labute approximate surface area is 226 Å². The number of amides is 2. The van der Waals surface area contributed by atoms with Crippen molar-refractivity contribution in [1.29, 1.82) is 5.26 Å². The fourth-order valence-electron chi connectivity index (χ4n) is 3.75. The summed E-state index contributed by atoms with van der Waals surface area (Å²) >= 11 is 0. The minimum atomic E-state index is -0.817. The number of hydrogen-bond donors (Lipinski definition) is 2. The van der Waals surface area contributed by atoms with E-state index in [9.17, 15) is 14.9 Å². The quantitative estimate of drug-likeness (QED) is 0.344. The smallest absolute Gasteiger partial charge is 0.255 e. The lowest BCUT2D eigenvalue weighted by Crippen LogP contribution is -2.18. The lowest BCUT2D eigenvalue weighted by Gasteiger charge is -2.15. The zero-order chi connectivity index (χ0) is 28.0. The summed E-state index contributed by atoms with van der Waals surface area (Å²) in [5.41, 5.74) is 4.36. The number of carbonyl (C=O) groups excluding carboxylic acids is 2. The molecule has 0 saturated heterocycles. The maximum atomic E-state index is 13.0. The van der Waals surface area contributed by atoms with Gasteiger partial charge in [-0.1, -0.05) is 6.07 Å². The number of carbonyl (C=O) groups is 2. The largest absolute Gasteiger partial charge is 0.375 e. The highest BCUT2D eigenvalue weighted by Gasteiger charge is 2.22. The highest BCUT2D eigenvalue weighted by molar-refractivity contribution is 6.04. The Balaban J connectivity index is 1.59. The van der Waals surface area contributed by atoms with Gasteiger partial charge in [0.15, 0.2) is 0 Å². The van der Waals surface area contributed by atoms with E-state index < -0.39 is 5.41 Å². The number of nitrogens with one attached hydrogen (secondary N) is 2. The van der Waals surface area contributed by atoms with Crippen molar-refractivity contribution in [1.82, 2.24) is 19.9 Å². The maximum absolute atomic E-state index is 13.0. The van der Waals surface area contributed by atoms with Crippen LogP contribution in [0.1, 0.15) is 35.5 Å². The van der Waals surface area contributed by atoms with Crippen LogP contribution in [0, 0.1) is 18.3 Å². The summed E-state index contributed by atoms with van der Waals surface area (Å²) in [5, 5.41) is 15.0. The lowest BCUT2D eigenvalue weighted by atomic mass is 9.90. The number of methoxy groups -OCH3 is 1. The van der Waals surface area contributed by atoms with E-state index in [0.29, 0.717) is 34.2 Å². The standard InChI is InChI=1S/C29H27N7O3/c1-18-5-6-21(34-28(38)20-8-9-32-25(11-20)29(2,3)17-30)13-22(18)24-15-31-14-23(35-24)19-7-10-33-26(12-19)36-27(37)16-39-4/h5-15H,16H2,1-4H3,(H,34,38)(H,33,36,37). The molecule has 2 N–H and O–H groups in total. The van der Waals surface area contributed by atoms with Crippen LogP contribution in [0.3, 0.4) is 0 Å². The number of aryl methyl sites for hydroxylation is 1. The Morgan fingerprint density at radius 3 is 2.54 bits per heavy atom. The average molecular weight is 522 g/mol. The van der Waals surface area contributed by atoms with E-state index in [4.69, 9.17) is 9.72 Å². The van der Waals surface area contributed by atoms with Crippen LogP contribution >= 0.6 is 0 Å². The van der Waals surface area contributed by atoms with Crippen molar-refractivity contribution in [2.24, 2.45) is 0 Å². The predicted octanol–water partition coefficient (Wildman–Crippen LogP) is 4.55.